The molecule has 0 heterocycles. The van der Waals surface area contributed by atoms with E-state index in [-0.39, 0.29) is 11.9 Å². The summed E-state index contributed by atoms with van der Waals surface area (Å²) in [5.74, 6) is 2.52. The normalized spacial score (nSPS) is 11.8. The molecule has 0 aromatic rings. The average Bonchev–Trinajstić information content (AvgIpc) is 2.01. The highest BCUT2D eigenvalue weighted by Gasteiger charge is 2.04. The van der Waals surface area contributed by atoms with Gasteiger partial charge in [-0.2, -0.15) is 0 Å². The molecule has 0 saturated heterocycles. The Kier molecular flexibility index (Phi) is 6.12. The van der Waals surface area contributed by atoms with Crippen LogP contribution >= 0.6 is 0 Å². The topological polar surface area (TPSA) is 55.1 Å². The van der Waals surface area contributed by atoms with Crippen LogP contribution in [0.25, 0.3) is 0 Å². The number of carbonyl (C=O) groups is 1. The van der Waals surface area contributed by atoms with Gasteiger partial charge in [0.15, 0.2) is 0 Å². The van der Waals surface area contributed by atoms with Crippen molar-refractivity contribution in [3.05, 3.63) is 0 Å². The Labute approximate surface area is 73.7 Å². The SMILES string of the molecule is C#CCC(C)NC(=O)CCCN. The fourth-order valence-corrected chi connectivity index (χ4v) is 0.837. The van der Waals surface area contributed by atoms with Crippen LogP contribution in [0, 0.1) is 12.3 Å². The molecule has 68 valence electrons. The Hall–Kier alpha value is -1.01. The maximum atomic E-state index is 11.1. The Morgan fingerprint density at radius 1 is 1.75 bits per heavy atom. The van der Waals surface area contributed by atoms with Crippen LogP contribution in [0.15, 0.2) is 0 Å². The van der Waals surface area contributed by atoms with Crippen LogP contribution in [-0.2, 0) is 4.79 Å². The van der Waals surface area contributed by atoms with Gasteiger partial charge in [0.1, 0.15) is 0 Å². The van der Waals surface area contributed by atoms with E-state index < -0.39 is 0 Å². The Morgan fingerprint density at radius 2 is 2.42 bits per heavy atom. The Morgan fingerprint density at radius 3 is 2.92 bits per heavy atom. The number of rotatable bonds is 5. The number of terminal acetylenes is 1. The molecule has 0 aromatic carbocycles. The lowest BCUT2D eigenvalue weighted by molar-refractivity contribution is -0.121. The lowest BCUT2D eigenvalue weighted by atomic mass is 10.2. The standard InChI is InChI=1S/C9H16N2O/c1-3-5-8(2)11-9(12)6-4-7-10/h1,8H,4-7,10H2,2H3,(H,11,12). The van der Waals surface area contributed by atoms with Crippen LogP contribution in [0.3, 0.4) is 0 Å². The number of hydrogen-bond acceptors (Lipinski definition) is 2. The van der Waals surface area contributed by atoms with Crippen LogP contribution in [0.4, 0.5) is 0 Å². The highest BCUT2D eigenvalue weighted by Crippen LogP contribution is 1.91. The predicted octanol–water partition coefficient (Wildman–Crippen LogP) is 0.253. The van der Waals surface area contributed by atoms with Crippen molar-refractivity contribution < 1.29 is 4.79 Å². The second-order valence-corrected chi connectivity index (χ2v) is 2.77. The van der Waals surface area contributed by atoms with Crippen LogP contribution in [0.2, 0.25) is 0 Å². The van der Waals surface area contributed by atoms with Crippen molar-refractivity contribution in [1.82, 2.24) is 5.32 Å². The summed E-state index contributed by atoms with van der Waals surface area (Å²) >= 11 is 0. The first-order valence-corrected chi connectivity index (χ1v) is 4.13. The van der Waals surface area contributed by atoms with Crippen LogP contribution in [0.5, 0.6) is 0 Å². The minimum absolute atomic E-state index is 0.0307. The fraction of sp³-hybridized carbons (Fsp3) is 0.667. The summed E-state index contributed by atoms with van der Waals surface area (Å²) in [5, 5.41) is 2.78. The predicted molar refractivity (Wildman–Crippen MR) is 49.3 cm³/mol. The maximum absolute atomic E-state index is 11.1. The molecule has 1 atom stereocenters. The molecule has 0 radical (unpaired) electrons. The smallest absolute Gasteiger partial charge is 0.220 e. The van der Waals surface area contributed by atoms with Gasteiger partial charge >= 0.3 is 0 Å². The Bertz CT molecular complexity index is 172. The monoisotopic (exact) mass is 168 g/mol. The third-order valence-corrected chi connectivity index (χ3v) is 1.44. The molecular formula is C9H16N2O. The van der Waals surface area contributed by atoms with Crippen LogP contribution in [0.1, 0.15) is 26.2 Å². The first kappa shape index (κ1) is 11.0. The van der Waals surface area contributed by atoms with Crippen molar-refractivity contribution in [2.45, 2.75) is 32.2 Å². The van der Waals surface area contributed by atoms with E-state index in [9.17, 15) is 4.79 Å². The summed E-state index contributed by atoms with van der Waals surface area (Å²) in [7, 11) is 0. The summed E-state index contributed by atoms with van der Waals surface area (Å²) in [4.78, 5) is 11.1. The average molecular weight is 168 g/mol. The zero-order valence-electron chi connectivity index (χ0n) is 7.47. The van der Waals surface area contributed by atoms with E-state index in [1.807, 2.05) is 6.92 Å². The molecule has 0 fully saturated rings. The molecule has 0 aromatic heterocycles. The van der Waals surface area contributed by atoms with Crippen molar-refractivity contribution in [3.63, 3.8) is 0 Å². The molecule has 0 bridgehead atoms. The zero-order valence-corrected chi connectivity index (χ0v) is 7.47. The molecule has 0 rings (SSSR count). The molecule has 1 unspecified atom stereocenters. The summed E-state index contributed by atoms with van der Waals surface area (Å²) in [6.45, 7) is 2.44. The number of nitrogens with one attached hydrogen (secondary N) is 1. The number of nitrogens with two attached hydrogens (primary N) is 1. The van der Waals surface area contributed by atoms with Gasteiger partial charge < -0.3 is 11.1 Å². The van der Waals surface area contributed by atoms with Gasteiger partial charge in [-0.1, -0.05) is 0 Å². The van der Waals surface area contributed by atoms with Crippen molar-refractivity contribution in [2.75, 3.05) is 6.54 Å². The largest absolute Gasteiger partial charge is 0.353 e. The minimum atomic E-state index is 0.0307. The van der Waals surface area contributed by atoms with Gasteiger partial charge in [0.05, 0.1) is 0 Å². The van der Waals surface area contributed by atoms with Gasteiger partial charge in [-0.15, -0.1) is 12.3 Å². The first-order valence-electron chi connectivity index (χ1n) is 4.13. The third kappa shape index (κ3) is 5.75. The molecule has 12 heavy (non-hydrogen) atoms. The van der Waals surface area contributed by atoms with E-state index in [0.29, 0.717) is 19.4 Å². The highest BCUT2D eigenvalue weighted by molar-refractivity contribution is 5.76. The van der Waals surface area contributed by atoms with Crippen molar-refractivity contribution in [2.24, 2.45) is 5.73 Å². The second-order valence-electron chi connectivity index (χ2n) is 2.77. The maximum Gasteiger partial charge on any atom is 0.220 e. The van der Waals surface area contributed by atoms with E-state index in [1.165, 1.54) is 0 Å². The molecule has 3 nitrogen and oxygen atoms in total. The summed E-state index contributed by atoms with van der Waals surface area (Å²) < 4.78 is 0. The fourth-order valence-electron chi connectivity index (χ4n) is 0.837. The van der Waals surface area contributed by atoms with Gasteiger partial charge in [0.25, 0.3) is 0 Å². The molecule has 0 aliphatic carbocycles. The van der Waals surface area contributed by atoms with E-state index in [4.69, 9.17) is 12.2 Å². The Balaban J connectivity index is 3.48. The molecule has 3 N–H and O–H groups in total. The van der Waals surface area contributed by atoms with E-state index in [0.717, 1.165) is 6.42 Å². The van der Waals surface area contributed by atoms with Crippen LogP contribution in [-0.4, -0.2) is 18.5 Å². The van der Waals surface area contributed by atoms with Crippen molar-refractivity contribution >= 4 is 5.91 Å². The summed E-state index contributed by atoms with van der Waals surface area (Å²) in [6, 6.07) is 0.0697. The van der Waals surface area contributed by atoms with Gasteiger partial charge in [-0.3, -0.25) is 4.79 Å². The molecule has 3 heteroatoms. The summed E-state index contributed by atoms with van der Waals surface area (Å²) in [6.07, 6.45) is 6.88. The van der Waals surface area contributed by atoms with E-state index in [2.05, 4.69) is 11.2 Å². The molecule has 0 aliphatic rings. The third-order valence-electron chi connectivity index (χ3n) is 1.44. The van der Waals surface area contributed by atoms with Crippen molar-refractivity contribution in [3.8, 4) is 12.3 Å². The molecule has 0 saturated carbocycles. The number of amides is 1. The summed E-state index contributed by atoms with van der Waals surface area (Å²) in [5.41, 5.74) is 5.25. The van der Waals surface area contributed by atoms with E-state index in [1.54, 1.807) is 0 Å². The molecule has 0 aliphatic heterocycles. The number of carbonyl (C=O) groups excluding carboxylic acids is 1. The van der Waals surface area contributed by atoms with Crippen molar-refractivity contribution in [1.29, 1.82) is 0 Å². The zero-order chi connectivity index (χ0) is 9.40. The van der Waals surface area contributed by atoms with Gasteiger partial charge in [0.2, 0.25) is 5.91 Å². The van der Waals surface area contributed by atoms with Gasteiger partial charge in [-0.25, -0.2) is 0 Å². The van der Waals surface area contributed by atoms with Crippen LogP contribution < -0.4 is 11.1 Å². The quantitative estimate of drug-likeness (QED) is 0.578. The molecular weight excluding hydrogens is 152 g/mol. The number of hydrogen-bond donors (Lipinski definition) is 2. The highest BCUT2D eigenvalue weighted by atomic mass is 16.1. The lowest BCUT2D eigenvalue weighted by Crippen LogP contribution is -2.32. The minimum Gasteiger partial charge on any atom is -0.353 e. The first-order chi connectivity index (χ1) is 5.70. The van der Waals surface area contributed by atoms with Gasteiger partial charge in [0, 0.05) is 18.9 Å². The lowest BCUT2D eigenvalue weighted by Gasteiger charge is -2.09. The van der Waals surface area contributed by atoms with E-state index >= 15 is 0 Å². The molecule has 1 amide bonds. The van der Waals surface area contributed by atoms with Gasteiger partial charge in [-0.05, 0) is 19.9 Å². The second kappa shape index (κ2) is 6.68. The molecule has 0 spiro atoms.